The second-order valence-corrected chi connectivity index (χ2v) is 13.8. The number of rotatable bonds is 30. The van der Waals surface area contributed by atoms with Crippen molar-refractivity contribution in [2.45, 2.75) is 181 Å². The molecule has 0 aliphatic rings. The van der Waals surface area contributed by atoms with Crippen LogP contribution in [-0.2, 0) is 12.8 Å². The Hall–Kier alpha value is -2.74. The number of allylic oxidation sites excluding steroid dienone is 4. The molecule has 0 aliphatic carbocycles. The number of nitrogens with zero attached hydrogens (tertiary/aromatic N) is 2. The van der Waals surface area contributed by atoms with Gasteiger partial charge in [-0.25, -0.2) is 0 Å². The van der Waals surface area contributed by atoms with Crippen LogP contribution in [0.25, 0.3) is 0 Å². The van der Waals surface area contributed by atoms with E-state index in [0.29, 0.717) is 0 Å². The van der Waals surface area contributed by atoms with Crippen LogP contribution in [0.15, 0.2) is 82.8 Å². The molecular formula is C46H72N2. The van der Waals surface area contributed by atoms with E-state index in [1.54, 1.807) is 0 Å². The second-order valence-electron chi connectivity index (χ2n) is 13.8. The van der Waals surface area contributed by atoms with Gasteiger partial charge in [0.15, 0.2) is 0 Å². The van der Waals surface area contributed by atoms with Crippen molar-refractivity contribution in [2.24, 2.45) is 9.98 Å². The summed E-state index contributed by atoms with van der Waals surface area (Å²) in [6.07, 6.45) is 43.6. The van der Waals surface area contributed by atoms with E-state index < -0.39 is 0 Å². The van der Waals surface area contributed by atoms with Gasteiger partial charge in [-0.05, 0) is 87.5 Å². The van der Waals surface area contributed by atoms with Gasteiger partial charge in [-0.2, -0.15) is 0 Å². The third kappa shape index (κ3) is 21.3. The van der Waals surface area contributed by atoms with Crippen LogP contribution in [0.5, 0.6) is 0 Å². The van der Waals surface area contributed by atoms with Gasteiger partial charge < -0.3 is 0 Å². The van der Waals surface area contributed by atoms with Crippen LogP contribution >= 0.6 is 0 Å². The normalized spacial score (nSPS) is 12.4. The zero-order chi connectivity index (χ0) is 34.2. The van der Waals surface area contributed by atoms with Crippen molar-refractivity contribution >= 4 is 23.3 Å². The standard InChI is InChI=1S/C46H72N2/c1-4-7-10-12-14-16-18-20-22-24-26-28-34-42-36-30-32-39-45(42)47-41-44(38-9-6-3)48-46-40-33-31-37-43(46)35-29-27-25-23-21-19-17-15-13-11-8-5-2/h24-27,30-33,36-37,39-41H,4-23,28-29,34-35,38H2,1-3H3. The van der Waals surface area contributed by atoms with Crippen LogP contribution in [0, 0.1) is 0 Å². The first-order valence-corrected chi connectivity index (χ1v) is 20.4. The van der Waals surface area contributed by atoms with Crippen molar-refractivity contribution < 1.29 is 0 Å². The van der Waals surface area contributed by atoms with Gasteiger partial charge >= 0.3 is 0 Å². The van der Waals surface area contributed by atoms with E-state index >= 15 is 0 Å². The van der Waals surface area contributed by atoms with Crippen molar-refractivity contribution in [1.29, 1.82) is 0 Å². The van der Waals surface area contributed by atoms with Crippen molar-refractivity contribution in [1.82, 2.24) is 0 Å². The lowest BCUT2D eigenvalue weighted by atomic mass is 10.1. The quantitative estimate of drug-likeness (QED) is 0.0456. The summed E-state index contributed by atoms with van der Waals surface area (Å²) in [5, 5.41) is 0. The van der Waals surface area contributed by atoms with E-state index in [2.05, 4.69) is 93.6 Å². The molecule has 0 radical (unpaired) electrons. The molecule has 2 aromatic rings. The minimum absolute atomic E-state index is 0.955. The van der Waals surface area contributed by atoms with E-state index in [0.717, 1.165) is 62.0 Å². The van der Waals surface area contributed by atoms with Crippen LogP contribution in [0.3, 0.4) is 0 Å². The molecule has 2 rings (SSSR count). The molecule has 0 N–H and O–H groups in total. The third-order valence-electron chi connectivity index (χ3n) is 9.33. The van der Waals surface area contributed by atoms with Gasteiger partial charge in [0.1, 0.15) is 0 Å². The number of hydrogen-bond acceptors (Lipinski definition) is 2. The predicted octanol–water partition coefficient (Wildman–Crippen LogP) is 15.4. The highest BCUT2D eigenvalue weighted by Crippen LogP contribution is 2.23. The maximum Gasteiger partial charge on any atom is 0.0665 e. The summed E-state index contributed by atoms with van der Waals surface area (Å²) < 4.78 is 0. The molecule has 0 amide bonds. The number of aryl methyl sites for hydroxylation is 2. The Morgan fingerprint density at radius 2 is 0.875 bits per heavy atom. The van der Waals surface area contributed by atoms with Gasteiger partial charge in [-0.15, -0.1) is 0 Å². The van der Waals surface area contributed by atoms with Gasteiger partial charge in [0.05, 0.1) is 17.1 Å². The number of para-hydroxylation sites is 2. The van der Waals surface area contributed by atoms with Crippen LogP contribution in [0.1, 0.15) is 180 Å². The maximum atomic E-state index is 5.18. The SMILES string of the molecule is CCCCCCCCCCC=CCCc1ccccc1N=CC(CCCC)=Nc1ccccc1CCC=CCCCCCCCCCC. The highest BCUT2D eigenvalue weighted by molar-refractivity contribution is 6.31. The Morgan fingerprint density at radius 3 is 1.40 bits per heavy atom. The summed E-state index contributed by atoms with van der Waals surface area (Å²) in [4.78, 5) is 10.2. The second kappa shape index (κ2) is 30.3. The number of hydrogen-bond donors (Lipinski definition) is 0. The topological polar surface area (TPSA) is 24.7 Å². The fourth-order valence-corrected chi connectivity index (χ4v) is 6.23. The van der Waals surface area contributed by atoms with Crippen molar-refractivity contribution in [3.63, 3.8) is 0 Å². The molecule has 0 unspecified atom stereocenters. The van der Waals surface area contributed by atoms with Crippen LogP contribution < -0.4 is 0 Å². The molecule has 0 aromatic heterocycles. The lowest BCUT2D eigenvalue weighted by Gasteiger charge is -2.07. The largest absolute Gasteiger partial charge is 0.255 e. The molecule has 0 heterocycles. The first-order valence-electron chi connectivity index (χ1n) is 20.4. The highest BCUT2D eigenvalue weighted by Gasteiger charge is 2.04. The summed E-state index contributed by atoms with van der Waals surface area (Å²) in [7, 11) is 0. The molecule has 2 nitrogen and oxygen atoms in total. The smallest absolute Gasteiger partial charge is 0.0665 e. The molecule has 0 aliphatic heterocycles. The van der Waals surface area contributed by atoms with Crippen molar-refractivity contribution in [2.75, 3.05) is 0 Å². The molecule has 0 spiro atoms. The summed E-state index contributed by atoms with van der Waals surface area (Å²) in [5.74, 6) is 0. The number of benzene rings is 2. The summed E-state index contributed by atoms with van der Waals surface area (Å²) in [6, 6.07) is 17.3. The van der Waals surface area contributed by atoms with Gasteiger partial charge in [-0.3, -0.25) is 9.98 Å². The van der Waals surface area contributed by atoms with Crippen LogP contribution in [0.4, 0.5) is 11.4 Å². The Bertz CT molecular complexity index is 1150. The zero-order valence-electron chi connectivity index (χ0n) is 31.6. The summed E-state index contributed by atoms with van der Waals surface area (Å²) in [6.45, 7) is 6.83. The van der Waals surface area contributed by atoms with E-state index in [1.165, 1.54) is 127 Å². The molecule has 48 heavy (non-hydrogen) atoms. The molecule has 0 fully saturated rings. The first kappa shape index (κ1) is 41.4. The molecule has 2 aromatic carbocycles. The van der Waals surface area contributed by atoms with Crippen LogP contribution in [-0.4, -0.2) is 11.9 Å². The Balaban J connectivity index is 1.86. The van der Waals surface area contributed by atoms with Crippen LogP contribution in [0.2, 0.25) is 0 Å². The number of aliphatic imine (C=N–C) groups is 2. The molecule has 266 valence electrons. The Morgan fingerprint density at radius 1 is 0.458 bits per heavy atom. The lowest BCUT2D eigenvalue weighted by molar-refractivity contribution is 0.577. The van der Waals surface area contributed by atoms with E-state index in [4.69, 9.17) is 9.98 Å². The molecular weight excluding hydrogens is 581 g/mol. The van der Waals surface area contributed by atoms with Gasteiger partial charge in [0.2, 0.25) is 0 Å². The molecule has 0 saturated carbocycles. The number of unbranched alkanes of at least 4 members (excludes halogenated alkanes) is 17. The average Bonchev–Trinajstić information content (AvgIpc) is 3.11. The molecule has 0 saturated heterocycles. The third-order valence-corrected chi connectivity index (χ3v) is 9.33. The molecule has 0 atom stereocenters. The Kier molecular flexibility index (Phi) is 26.2. The zero-order valence-corrected chi connectivity index (χ0v) is 31.6. The molecule has 0 bridgehead atoms. The fraction of sp³-hybridized carbons (Fsp3) is 0.609. The van der Waals surface area contributed by atoms with Gasteiger partial charge in [0, 0.05) is 6.21 Å². The van der Waals surface area contributed by atoms with E-state index in [1.807, 2.05) is 6.21 Å². The van der Waals surface area contributed by atoms with Crippen molar-refractivity contribution in [3.8, 4) is 0 Å². The monoisotopic (exact) mass is 653 g/mol. The van der Waals surface area contributed by atoms with Gasteiger partial charge in [-0.1, -0.05) is 178 Å². The average molecular weight is 653 g/mol. The van der Waals surface area contributed by atoms with Gasteiger partial charge in [0.25, 0.3) is 0 Å². The lowest BCUT2D eigenvalue weighted by Crippen LogP contribution is -2.00. The van der Waals surface area contributed by atoms with Crippen molar-refractivity contribution in [3.05, 3.63) is 84.0 Å². The summed E-state index contributed by atoms with van der Waals surface area (Å²) in [5.41, 5.74) is 5.90. The summed E-state index contributed by atoms with van der Waals surface area (Å²) >= 11 is 0. The first-order chi connectivity index (χ1) is 23.8. The minimum atomic E-state index is 0.955. The van der Waals surface area contributed by atoms with E-state index in [-0.39, 0.29) is 0 Å². The highest BCUT2D eigenvalue weighted by atomic mass is 14.8. The maximum absolute atomic E-state index is 5.18. The fourth-order valence-electron chi connectivity index (χ4n) is 6.23. The Labute approximate surface area is 297 Å². The minimum Gasteiger partial charge on any atom is -0.255 e. The molecule has 2 heteroatoms. The predicted molar refractivity (Wildman–Crippen MR) is 217 cm³/mol. The van der Waals surface area contributed by atoms with E-state index in [9.17, 15) is 0 Å².